The van der Waals surface area contributed by atoms with Crippen LogP contribution in [-0.4, -0.2) is 59.5 Å². The summed E-state index contributed by atoms with van der Waals surface area (Å²) < 4.78 is 13.5. The number of pyridine rings is 1. The summed E-state index contributed by atoms with van der Waals surface area (Å²) in [5, 5.41) is 15.5. The molecule has 30 heavy (non-hydrogen) atoms. The molecule has 5 rings (SSSR count). The summed E-state index contributed by atoms with van der Waals surface area (Å²) in [7, 11) is 0. The van der Waals surface area contributed by atoms with Crippen molar-refractivity contribution in [3.05, 3.63) is 40.3 Å². The highest BCUT2D eigenvalue weighted by molar-refractivity contribution is 9.10. The van der Waals surface area contributed by atoms with Gasteiger partial charge in [0.1, 0.15) is 16.0 Å². The average Bonchev–Trinajstić information content (AvgIpc) is 3.49. The quantitative estimate of drug-likeness (QED) is 0.429. The zero-order valence-corrected chi connectivity index (χ0v) is 17.4. The van der Waals surface area contributed by atoms with E-state index >= 15 is 0 Å². The van der Waals surface area contributed by atoms with Crippen LogP contribution in [0.4, 0.5) is 5.95 Å². The monoisotopic (exact) mass is 471 g/mol. The van der Waals surface area contributed by atoms with Crippen molar-refractivity contribution in [2.75, 3.05) is 18.9 Å². The first-order valence-electron chi connectivity index (χ1n) is 9.37. The molecule has 0 aromatic carbocycles. The van der Waals surface area contributed by atoms with E-state index in [9.17, 15) is 0 Å². The van der Waals surface area contributed by atoms with E-state index in [1.54, 1.807) is 16.9 Å². The molecule has 0 bridgehead atoms. The van der Waals surface area contributed by atoms with E-state index in [1.807, 2.05) is 12.1 Å². The Kier molecular flexibility index (Phi) is 5.11. The third-order valence-electron chi connectivity index (χ3n) is 4.74. The molecule has 0 amide bonds. The summed E-state index contributed by atoms with van der Waals surface area (Å²) >= 11 is 3.34. The standard InChI is InChI=1S/C18H18BrN9O2/c19-14-5-13(24-25-14)15-16-17(23-18(20)22-15)28(27-26-16)7-11-2-1-10(6-21-11)8-30-12-3-4-29-9-12/h1-2,5-6,12H,3-4,7-9H2,(H,24,25)(H2,20,22,23). The maximum atomic E-state index is 5.92. The topological polar surface area (TPSA) is 143 Å². The number of nitrogens with zero attached hydrogens (tertiary/aromatic N) is 7. The Morgan fingerprint density at radius 2 is 2.27 bits per heavy atom. The SMILES string of the molecule is Nc1nc(-c2cc(Br)[nH]n2)c2nnn(Cc3ccc(COC4CCOC4)cn3)c2n1. The van der Waals surface area contributed by atoms with Gasteiger partial charge in [0.2, 0.25) is 5.95 Å². The van der Waals surface area contributed by atoms with Crippen molar-refractivity contribution in [2.45, 2.75) is 25.7 Å². The number of nitrogens with one attached hydrogen (secondary N) is 1. The summed E-state index contributed by atoms with van der Waals surface area (Å²) in [5.41, 5.74) is 9.89. The van der Waals surface area contributed by atoms with Crippen molar-refractivity contribution in [1.82, 2.24) is 40.1 Å². The number of rotatable bonds is 6. The molecule has 0 radical (unpaired) electrons. The summed E-state index contributed by atoms with van der Waals surface area (Å²) in [5.74, 6) is 0.122. The molecule has 3 N–H and O–H groups in total. The molecular weight excluding hydrogens is 454 g/mol. The number of anilines is 1. The van der Waals surface area contributed by atoms with Gasteiger partial charge in [-0.3, -0.25) is 10.1 Å². The minimum absolute atomic E-state index is 0.122. The molecule has 1 unspecified atom stereocenters. The molecule has 1 saturated heterocycles. The summed E-state index contributed by atoms with van der Waals surface area (Å²) in [6.45, 7) is 2.34. The summed E-state index contributed by atoms with van der Waals surface area (Å²) in [6, 6.07) is 5.72. The number of halogens is 1. The molecule has 4 aromatic rings. The first-order valence-corrected chi connectivity index (χ1v) is 10.2. The van der Waals surface area contributed by atoms with Crippen molar-refractivity contribution in [1.29, 1.82) is 0 Å². The second-order valence-corrected chi connectivity index (χ2v) is 7.76. The maximum Gasteiger partial charge on any atom is 0.222 e. The molecule has 0 spiro atoms. The molecule has 1 fully saturated rings. The summed E-state index contributed by atoms with van der Waals surface area (Å²) in [4.78, 5) is 13.1. The molecule has 1 aliphatic heterocycles. The minimum atomic E-state index is 0.122. The van der Waals surface area contributed by atoms with Gasteiger partial charge in [0, 0.05) is 18.9 Å². The van der Waals surface area contributed by atoms with Gasteiger partial charge in [-0.2, -0.15) is 10.1 Å². The number of aromatic nitrogens is 8. The lowest BCUT2D eigenvalue weighted by atomic mass is 10.2. The predicted octanol–water partition coefficient (Wildman–Crippen LogP) is 1.70. The second kappa shape index (κ2) is 8.05. The molecule has 1 atom stereocenters. The number of hydrogen-bond donors (Lipinski definition) is 2. The molecule has 5 heterocycles. The van der Waals surface area contributed by atoms with Crippen molar-refractivity contribution < 1.29 is 9.47 Å². The first-order chi connectivity index (χ1) is 14.7. The van der Waals surface area contributed by atoms with Crippen LogP contribution in [0.5, 0.6) is 0 Å². The van der Waals surface area contributed by atoms with Crippen molar-refractivity contribution in [2.24, 2.45) is 0 Å². The minimum Gasteiger partial charge on any atom is -0.379 e. The van der Waals surface area contributed by atoms with Crippen LogP contribution in [0.2, 0.25) is 0 Å². The lowest BCUT2D eigenvalue weighted by Crippen LogP contribution is -2.12. The van der Waals surface area contributed by atoms with Crippen LogP contribution in [0.1, 0.15) is 17.7 Å². The zero-order valence-electron chi connectivity index (χ0n) is 15.8. The average molecular weight is 472 g/mol. The van der Waals surface area contributed by atoms with Gasteiger partial charge in [0.15, 0.2) is 11.2 Å². The van der Waals surface area contributed by atoms with Gasteiger partial charge in [0.05, 0.1) is 31.6 Å². The van der Waals surface area contributed by atoms with Crippen LogP contribution >= 0.6 is 15.9 Å². The van der Waals surface area contributed by atoms with Gasteiger partial charge in [0.25, 0.3) is 0 Å². The molecule has 0 aliphatic carbocycles. The summed E-state index contributed by atoms with van der Waals surface area (Å²) in [6.07, 6.45) is 2.91. The number of H-pyrrole nitrogens is 1. The highest BCUT2D eigenvalue weighted by Crippen LogP contribution is 2.25. The lowest BCUT2D eigenvalue weighted by molar-refractivity contribution is 0.0316. The van der Waals surface area contributed by atoms with Gasteiger partial charge in [-0.25, -0.2) is 9.67 Å². The molecular formula is C18H18BrN9O2. The Morgan fingerprint density at radius 1 is 1.33 bits per heavy atom. The predicted molar refractivity (Wildman–Crippen MR) is 110 cm³/mol. The van der Waals surface area contributed by atoms with E-state index in [0.717, 1.165) is 28.9 Å². The lowest BCUT2D eigenvalue weighted by Gasteiger charge is -2.10. The Morgan fingerprint density at radius 3 is 3.00 bits per heavy atom. The number of aromatic amines is 1. The van der Waals surface area contributed by atoms with Crippen LogP contribution in [0.15, 0.2) is 29.0 Å². The smallest absolute Gasteiger partial charge is 0.222 e. The van der Waals surface area contributed by atoms with Gasteiger partial charge in [-0.1, -0.05) is 11.3 Å². The largest absolute Gasteiger partial charge is 0.379 e. The highest BCUT2D eigenvalue weighted by Gasteiger charge is 2.18. The second-order valence-electron chi connectivity index (χ2n) is 6.91. The zero-order chi connectivity index (χ0) is 20.5. The van der Waals surface area contributed by atoms with E-state index in [1.165, 1.54) is 0 Å². The van der Waals surface area contributed by atoms with Crippen molar-refractivity contribution in [3.63, 3.8) is 0 Å². The number of nitrogens with two attached hydrogens (primary N) is 1. The first kappa shape index (κ1) is 19.0. The van der Waals surface area contributed by atoms with Crippen LogP contribution in [0, 0.1) is 0 Å². The number of nitrogen functional groups attached to an aromatic ring is 1. The number of fused-ring (bicyclic) bond motifs is 1. The van der Waals surface area contributed by atoms with Gasteiger partial charge >= 0.3 is 0 Å². The van der Waals surface area contributed by atoms with Gasteiger partial charge in [-0.15, -0.1) is 5.10 Å². The van der Waals surface area contributed by atoms with Crippen LogP contribution < -0.4 is 5.73 Å². The Bertz CT molecular complexity index is 1170. The highest BCUT2D eigenvalue weighted by atomic mass is 79.9. The van der Waals surface area contributed by atoms with Gasteiger partial charge < -0.3 is 15.2 Å². The Hall–Kier alpha value is -2.96. The van der Waals surface area contributed by atoms with Crippen LogP contribution in [0.25, 0.3) is 22.6 Å². The van der Waals surface area contributed by atoms with Crippen LogP contribution in [0.3, 0.4) is 0 Å². The van der Waals surface area contributed by atoms with E-state index in [2.05, 4.69) is 51.4 Å². The van der Waals surface area contributed by atoms with Crippen LogP contribution in [-0.2, 0) is 22.6 Å². The fraction of sp³-hybridized carbons (Fsp3) is 0.333. The molecule has 4 aromatic heterocycles. The fourth-order valence-electron chi connectivity index (χ4n) is 3.22. The van der Waals surface area contributed by atoms with E-state index in [-0.39, 0.29) is 12.1 Å². The third-order valence-corrected chi connectivity index (χ3v) is 5.15. The van der Waals surface area contributed by atoms with E-state index in [4.69, 9.17) is 15.2 Å². The van der Waals surface area contributed by atoms with Crippen molar-refractivity contribution in [3.8, 4) is 11.4 Å². The van der Waals surface area contributed by atoms with Gasteiger partial charge in [-0.05, 0) is 34.0 Å². The molecule has 1 aliphatic rings. The molecule has 11 nitrogen and oxygen atoms in total. The maximum absolute atomic E-state index is 5.92. The third kappa shape index (κ3) is 3.88. The number of hydrogen-bond acceptors (Lipinski definition) is 9. The number of ether oxygens (including phenoxy) is 2. The Labute approximate surface area is 179 Å². The Balaban J connectivity index is 1.36. The molecule has 154 valence electrons. The normalized spacial score (nSPS) is 16.5. The molecule has 12 heteroatoms. The van der Waals surface area contributed by atoms with E-state index in [0.29, 0.717) is 42.3 Å². The van der Waals surface area contributed by atoms with Crippen molar-refractivity contribution >= 4 is 33.0 Å². The molecule has 0 saturated carbocycles. The van der Waals surface area contributed by atoms with E-state index < -0.39 is 0 Å². The fourth-order valence-corrected chi connectivity index (χ4v) is 3.53.